The van der Waals surface area contributed by atoms with Crippen molar-refractivity contribution in [1.29, 1.82) is 0 Å². The summed E-state index contributed by atoms with van der Waals surface area (Å²) in [6, 6.07) is 6.35. The summed E-state index contributed by atoms with van der Waals surface area (Å²) in [6.45, 7) is 9.12. The molecule has 2 heterocycles. The van der Waals surface area contributed by atoms with Crippen molar-refractivity contribution in [2.24, 2.45) is 0 Å². The fraction of sp³-hybridized carbons (Fsp3) is 0.333. The van der Waals surface area contributed by atoms with Crippen LogP contribution in [0.3, 0.4) is 0 Å². The summed E-state index contributed by atoms with van der Waals surface area (Å²) in [6.07, 6.45) is 1.67. The Morgan fingerprint density at radius 1 is 1.14 bits per heavy atom. The van der Waals surface area contributed by atoms with Gasteiger partial charge in [-0.05, 0) is 49.1 Å². The zero-order chi connectivity index (χ0) is 20.9. The van der Waals surface area contributed by atoms with E-state index in [0.717, 1.165) is 23.4 Å². The van der Waals surface area contributed by atoms with Gasteiger partial charge in [0.05, 0.1) is 16.9 Å². The molecule has 0 radical (unpaired) electrons. The van der Waals surface area contributed by atoms with Crippen molar-refractivity contribution in [3.8, 4) is 11.4 Å². The van der Waals surface area contributed by atoms with Crippen molar-refractivity contribution in [2.45, 2.75) is 49.7 Å². The minimum Gasteiger partial charge on any atom is -0.480 e. The lowest BCUT2D eigenvalue weighted by molar-refractivity contribution is -0.138. The number of pyridine rings is 1. The highest BCUT2D eigenvalue weighted by Crippen LogP contribution is 2.39. The Kier molecular flexibility index (Phi) is 5.00. The van der Waals surface area contributed by atoms with Gasteiger partial charge in [-0.15, -0.1) is 11.8 Å². The van der Waals surface area contributed by atoms with Crippen LogP contribution in [0.5, 0.6) is 0 Å². The molecule has 3 rings (SSSR count). The first-order chi connectivity index (χ1) is 12.9. The third-order valence-corrected chi connectivity index (χ3v) is 5.75. The van der Waals surface area contributed by atoms with Crippen LogP contribution in [0, 0.1) is 11.6 Å². The number of thioether (sulfide) groups is 1. The van der Waals surface area contributed by atoms with E-state index in [-0.39, 0.29) is 21.2 Å². The highest BCUT2D eigenvalue weighted by molar-refractivity contribution is 8.01. The molecule has 0 amide bonds. The molecule has 2 aromatic heterocycles. The number of aromatic nitrogens is 2. The van der Waals surface area contributed by atoms with E-state index in [9.17, 15) is 14.3 Å². The van der Waals surface area contributed by atoms with Crippen molar-refractivity contribution >= 4 is 28.6 Å². The molecule has 0 aliphatic carbocycles. The lowest BCUT2D eigenvalue weighted by Crippen LogP contribution is -2.27. The van der Waals surface area contributed by atoms with E-state index in [1.54, 1.807) is 6.20 Å². The minimum atomic E-state index is -1.29. The van der Waals surface area contributed by atoms with E-state index in [2.05, 4.69) is 30.7 Å². The normalized spacial score (nSPS) is 12.5. The Labute approximate surface area is 166 Å². The quantitative estimate of drug-likeness (QED) is 0.543. The van der Waals surface area contributed by atoms with Crippen LogP contribution < -0.4 is 0 Å². The van der Waals surface area contributed by atoms with Crippen molar-refractivity contribution in [3.05, 3.63) is 47.7 Å². The molecule has 148 valence electrons. The van der Waals surface area contributed by atoms with E-state index in [1.807, 2.05) is 12.1 Å². The SMILES string of the molecule is CC(C)(Sc1cc(F)c2[nH]c(-c3cc(C(C)(C)C)ccn3)cc2c1F)C(=O)O. The number of carboxylic acid groups (broad SMARTS) is 1. The second kappa shape index (κ2) is 6.88. The Morgan fingerprint density at radius 3 is 2.43 bits per heavy atom. The summed E-state index contributed by atoms with van der Waals surface area (Å²) in [5, 5.41) is 9.34. The zero-order valence-corrected chi connectivity index (χ0v) is 17.2. The first kappa shape index (κ1) is 20.3. The smallest absolute Gasteiger partial charge is 0.319 e. The molecule has 28 heavy (non-hydrogen) atoms. The zero-order valence-electron chi connectivity index (χ0n) is 16.4. The van der Waals surface area contributed by atoms with Crippen LogP contribution in [-0.4, -0.2) is 25.8 Å². The number of carboxylic acids is 1. The van der Waals surface area contributed by atoms with Crippen LogP contribution in [0.15, 0.2) is 35.4 Å². The number of hydrogen-bond acceptors (Lipinski definition) is 3. The summed E-state index contributed by atoms with van der Waals surface area (Å²) in [5.74, 6) is -2.39. The molecular weight excluding hydrogens is 382 g/mol. The molecule has 0 unspecified atom stereocenters. The van der Waals surface area contributed by atoms with E-state index in [1.165, 1.54) is 19.9 Å². The van der Waals surface area contributed by atoms with Crippen LogP contribution in [0.25, 0.3) is 22.3 Å². The average Bonchev–Trinajstić information content (AvgIpc) is 3.05. The van der Waals surface area contributed by atoms with Crippen LogP contribution in [-0.2, 0) is 10.2 Å². The number of H-pyrrole nitrogens is 1. The summed E-state index contributed by atoms with van der Waals surface area (Å²) < 4.78 is 28.4. The molecule has 0 fully saturated rings. The van der Waals surface area contributed by atoms with E-state index in [0.29, 0.717) is 11.4 Å². The maximum atomic E-state index is 15.0. The average molecular weight is 404 g/mol. The number of aromatic amines is 1. The Morgan fingerprint density at radius 2 is 1.82 bits per heavy atom. The van der Waals surface area contributed by atoms with Gasteiger partial charge in [0.1, 0.15) is 16.4 Å². The number of rotatable bonds is 4. The molecular formula is C21H22F2N2O2S. The van der Waals surface area contributed by atoms with Gasteiger partial charge >= 0.3 is 5.97 Å². The molecule has 2 N–H and O–H groups in total. The summed E-state index contributed by atoms with van der Waals surface area (Å²) in [4.78, 5) is 18.5. The minimum absolute atomic E-state index is 0.0351. The van der Waals surface area contributed by atoms with Crippen LogP contribution in [0.2, 0.25) is 0 Å². The summed E-state index contributed by atoms with van der Waals surface area (Å²) >= 11 is 0.776. The highest BCUT2D eigenvalue weighted by Gasteiger charge is 2.31. The number of benzene rings is 1. The van der Waals surface area contributed by atoms with Gasteiger partial charge in [-0.1, -0.05) is 20.8 Å². The van der Waals surface area contributed by atoms with Crippen LogP contribution >= 0.6 is 11.8 Å². The Hall–Kier alpha value is -2.41. The Balaban J connectivity index is 2.11. The second-order valence-corrected chi connectivity index (χ2v) is 9.90. The summed E-state index contributed by atoms with van der Waals surface area (Å²) in [5.41, 5.74) is 2.08. The van der Waals surface area contributed by atoms with Gasteiger partial charge in [0.15, 0.2) is 0 Å². The summed E-state index contributed by atoms with van der Waals surface area (Å²) in [7, 11) is 0. The number of hydrogen-bond donors (Lipinski definition) is 2. The van der Waals surface area contributed by atoms with Crippen LogP contribution in [0.4, 0.5) is 8.78 Å². The molecule has 0 saturated carbocycles. The number of nitrogens with one attached hydrogen (secondary N) is 1. The Bertz CT molecular complexity index is 1070. The fourth-order valence-electron chi connectivity index (χ4n) is 2.77. The standard InChI is InChI=1S/C21H22F2N2O2S/c1-20(2,3)11-6-7-24-14(8-11)15-9-12-17(23)16(10-13(22)18(12)25-15)28-21(4,5)19(26)27/h6-10,25H,1-5H3,(H,26,27). The van der Waals surface area contributed by atoms with E-state index >= 15 is 4.39 Å². The maximum absolute atomic E-state index is 15.0. The number of fused-ring (bicyclic) bond motifs is 1. The van der Waals surface area contributed by atoms with Crippen molar-refractivity contribution < 1.29 is 18.7 Å². The molecule has 0 atom stereocenters. The number of nitrogens with zero attached hydrogens (tertiary/aromatic N) is 1. The first-order valence-electron chi connectivity index (χ1n) is 8.80. The lowest BCUT2D eigenvalue weighted by atomic mass is 9.87. The monoisotopic (exact) mass is 404 g/mol. The molecule has 0 saturated heterocycles. The van der Waals surface area contributed by atoms with Crippen LogP contribution in [0.1, 0.15) is 40.2 Å². The second-order valence-electron chi connectivity index (χ2n) is 8.24. The van der Waals surface area contributed by atoms with Gasteiger partial charge in [0.2, 0.25) is 0 Å². The maximum Gasteiger partial charge on any atom is 0.319 e. The largest absolute Gasteiger partial charge is 0.480 e. The van der Waals surface area contributed by atoms with Crippen molar-refractivity contribution in [3.63, 3.8) is 0 Å². The molecule has 1 aromatic carbocycles. The first-order valence-corrected chi connectivity index (χ1v) is 9.62. The number of halogens is 2. The van der Waals surface area contributed by atoms with Gasteiger partial charge in [-0.2, -0.15) is 0 Å². The van der Waals surface area contributed by atoms with Gasteiger partial charge in [-0.25, -0.2) is 8.78 Å². The van der Waals surface area contributed by atoms with Crippen molar-refractivity contribution in [1.82, 2.24) is 9.97 Å². The predicted octanol–water partition coefficient (Wildman–Crippen LogP) is 5.76. The number of aliphatic carboxylic acids is 1. The lowest BCUT2D eigenvalue weighted by Gasteiger charge is -2.19. The molecule has 7 heteroatoms. The van der Waals surface area contributed by atoms with Gasteiger partial charge in [0, 0.05) is 16.5 Å². The molecule has 0 aliphatic rings. The van der Waals surface area contributed by atoms with Crippen molar-refractivity contribution in [2.75, 3.05) is 0 Å². The molecule has 0 spiro atoms. The van der Waals surface area contributed by atoms with E-state index in [4.69, 9.17) is 0 Å². The molecule has 3 aromatic rings. The number of carbonyl (C=O) groups is 1. The third-order valence-electron chi connectivity index (χ3n) is 4.55. The topological polar surface area (TPSA) is 66.0 Å². The van der Waals surface area contributed by atoms with Gasteiger partial charge in [0.25, 0.3) is 0 Å². The van der Waals surface area contributed by atoms with E-state index < -0.39 is 22.4 Å². The third kappa shape index (κ3) is 3.76. The predicted molar refractivity (Wildman–Crippen MR) is 108 cm³/mol. The fourth-order valence-corrected chi connectivity index (χ4v) is 3.77. The highest BCUT2D eigenvalue weighted by atomic mass is 32.2. The molecule has 0 aliphatic heterocycles. The molecule has 0 bridgehead atoms. The molecule has 4 nitrogen and oxygen atoms in total. The van der Waals surface area contributed by atoms with Gasteiger partial charge in [-0.3, -0.25) is 9.78 Å². The van der Waals surface area contributed by atoms with Gasteiger partial charge < -0.3 is 10.1 Å².